The van der Waals surface area contributed by atoms with Gasteiger partial charge in [-0.3, -0.25) is 0 Å². The van der Waals surface area contributed by atoms with E-state index in [1.54, 1.807) is 45.0 Å². The van der Waals surface area contributed by atoms with E-state index in [1.807, 2.05) is 30.9 Å². The van der Waals surface area contributed by atoms with Gasteiger partial charge in [0.2, 0.25) is 0 Å². The lowest BCUT2D eigenvalue weighted by atomic mass is 10.0. The number of hydrogen-bond donors (Lipinski definition) is 0. The van der Waals surface area contributed by atoms with Crippen molar-refractivity contribution in [1.29, 1.82) is 0 Å². The van der Waals surface area contributed by atoms with Crippen LogP contribution in [0.1, 0.15) is 51.3 Å². The summed E-state index contributed by atoms with van der Waals surface area (Å²) in [5.41, 5.74) is 2.28. The Morgan fingerprint density at radius 1 is 0.906 bits per heavy atom. The van der Waals surface area contributed by atoms with Crippen LogP contribution in [0.4, 0.5) is 14.5 Å². The molecule has 2 atom stereocenters. The number of morpholine rings is 1. The average molecular weight is 466 g/mol. The van der Waals surface area contributed by atoms with Crippen LogP contribution in [0.25, 0.3) is 0 Å². The molecule has 0 unspecified atom stereocenters. The van der Waals surface area contributed by atoms with E-state index >= 15 is 0 Å². The van der Waals surface area contributed by atoms with Crippen LogP contribution in [0, 0.1) is 11.6 Å². The monoisotopic (exact) mass is 465 g/mol. The summed E-state index contributed by atoms with van der Waals surface area (Å²) in [5, 5.41) is 0. The minimum Gasteiger partial charge on any atom is -0.372 e. The van der Waals surface area contributed by atoms with Crippen molar-refractivity contribution in [3.05, 3.63) is 64.7 Å². The summed E-state index contributed by atoms with van der Waals surface area (Å²) in [6.07, 6.45) is 0.816. The molecule has 0 aromatic heterocycles. The van der Waals surface area contributed by atoms with Crippen molar-refractivity contribution in [3.8, 4) is 0 Å². The molecule has 176 valence electrons. The van der Waals surface area contributed by atoms with Crippen molar-refractivity contribution in [2.45, 2.75) is 70.2 Å². The SMILES string of the molecule is C[C@@H]1CN(c2ccc(CCc3ccc(CS(=O)(=O)C(C)(C)C)cc3)c(F)c2F)C[C@H](C)O1. The van der Waals surface area contributed by atoms with Crippen LogP contribution >= 0.6 is 0 Å². The van der Waals surface area contributed by atoms with E-state index in [2.05, 4.69) is 0 Å². The molecule has 2 aromatic carbocycles. The number of halogens is 2. The highest BCUT2D eigenvalue weighted by Gasteiger charge is 2.29. The molecular formula is C25H33F2NO3S. The molecule has 1 saturated heterocycles. The van der Waals surface area contributed by atoms with E-state index in [-0.39, 0.29) is 23.6 Å². The highest BCUT2D eigenvalue weighted by Crippen LogP contribution is 2.28. The summed E-state index contributed by atoms with van der Waals surface area (Å²) >= 11 is 0. The molecule has 7 heteroatoms. The first kappa shape index (κ1) is 24.6. The predicted octanol–water partition coefficient (Wildman–Crippen LogP) is 5.08. The Labute approximate surface area is 190 Å². The molecule has 1 heterocycles. The van der Waals surface area contributed by atoms with Gasteiger partial charge in [0.25, 0.3) is 0 Å². The first-order chi connectivity index (χ1) is 14.9. The van der Waals surface area contributed by atoms with Crippen LogP contribution in [-0.2, 0) is 33.2 Å². The van der Waals surface area contributed by atoms with Gasteiger partial charge in [-0.2, -0.15) is 0 Å². The van der Waals surface area contributed by atoms with E-state index in [1.165, 1.54) is 0 Å². The van der Waals surface area contributed by atoms with Crippen LogP contribution < -0.4 is 4.90 Å². The number of aryl methyl sites for hydroxylation is 2. The van der Waals surface area contributed by atoms with Gasteiger partial charge < -0.3 is 9.64 Å². The fourth-order valence-corrected chi connectivity index (χ4v) is 4.97. The fraction of sp³-hybridized carbons (Fsp3) is 0.520. The third-order valence-corrected chi connectivity index (χ3v) is 8.48. The smallest absolute Gasteiger partial charge is 0.182 e. The third-order valence-electron chi connectivity index (χ3n) is 5.90. The van der Waals surface area contributed by atoms with Gasteiger partial charge in [0.05, 0.1) is 28.4 Å². The average Bonchev–Trinajstić information content (AvgIpc) is 2.68. The van der Waals surface area contributed by atoms with E-state index in [0.29, 0.717) is 31.5 Å². The van der Waals surface area contributed by atoms with E-state index in [9.17, 15) is 17.2 Å². The number of benzene rings is 2. The molecule has 0 aliphatic carbocycles. The zero-order chi connectivity index (χ0) is 23.7. The number of hydrogen-bond acceptors (Lipinski definition) is 4. The van der Waals surface area contributed by atoms with E-state index in [4.69, 9.17) is 4.74 Å². The highest BCUT2D eigenvalue weighted by atomic mass is 32.2. The summed E-state index contributed by atoms with van der Waals surface area (Å²) in [6.45, 7) is 9.97. The maximum Gasteiger partial charge on any atom is 0.182 e. The van der Waals surface area contributed by atoms with Gasteiger partial charge >= 0.3 is 0 Å². The van der Waals surface area contributed by atoms with Gasteiger partial charge in [-0.1, -0.05) is 30.3 Å². The lowest BCUT2D eigenvalue weighted by molar-refractivity contribution is -0.00543. The maximum absolute atomic E-state index is 14.8. The van der Waals surface area contributed by atoms with E-state index < -0.39 is 26.2 Å². The lowest BCUT2D eigenvalue weighted by Crippen LogP contribution is -2.45. The van der Waals surface area contributed by atoms with Crippen LogP contribution in [0.5, 0.6) is 0 Å². The Morgan fingerprint density at radius 2 is 1.47 bits per heavy atom. The molecule has 0 bridgehead atoms. The van der Waals surface area contributed by atoms with Crippen molar-refractivity contribution in [3.63, 3.8) is 0 Å². The number of ether oxygens (including phenoxy) is 1. The molecule has 1 aliphatic heterocycles. The molecule has 32 heavy (non-hydrogen) atoms. The van der Waals surface area contributed by atoms with Crippen LogP contribution in [0.2, 0.25) is 0 Å². The number of anilines is 1. The van der Waals surface area contributed by atoms with Gasteiger partial charge in [0.1, 0.15) is 0 Å². The Balaban J connectivity index is 1.66. The number of nitrogens with zero attached hydrogens (tertiary/aromatic N) is 1. The van der Waals surface area contributed by atoms with Crippen LogP contribution in [0.3, 0.4) is 0 Å². The molecule has 0 amide bonds. The second kappa shape index (κ2) is 9.48. The normalized spacial score (nSPS) is 19.9. The maximum atomic E-state index is 14.8. The number of rotatable bonds is 6. The van der Waals surface area contributed by atoms with Crippen molar-refractivity contribution in [2.75, 3.05) is 18.0 Å². The molecule has 1 fully saturated rings. The van der Waals surface area contributed by atoms with Crippen molar-refractivity contribution in [1.82, 2.24) is 0 Å². The first-order valence-corrected chi connectivity index (χ1v) is 12.7. The molecular weight excluding hydrogens is 432 g/mol. The van der Waals surface area contributed by atoms with Crippen LogP contribution in [0.15, 0.2) is 36.4 Å². The summed E-state index contributed by atoms with van der Waals surface area (Å²) in [6, 6.07) is 10.6. The second-order valence-electron chi connectivity index (χ2n) is 9.72. The van der Waals surface area contributed by atoms with Crippen molar-refractivity contribution < 1.29 is 21.9 Å². The minimum absolute atomic E-state index is 0.0170. The summed E-state index contributed by atoms with van der Waals surface area (Å²) in [7, 11) is -3.25. The molecule has 2 aromatic rings. The van der Waals surface area contributed by atoms with Gasteiger partial charge in [-0.25, -0.2) is 17.2 Å². The standard InChI is InChI=1S/C25H33F2NO3S/c1-17-14-28(15-18(2)31-17)22-13-12-21(23(26)24(22)27)11-10-19-6-8-20(9-7-19)16-32(29,30)25(3,4)5/h6-9,12-13,17-18H,10-11,14-16H2,1-5H3/t17-,18+. The van der Waals surface area contributed by atoms with Crippen molar-refractivity contribution >= 4 is 15.5 Å². The second-order valence-corrected chi connectivity index (χ2v) is 12.5. The molecule has 3 rings (SSSR count). The first-order valence-electron chi connectivity index (χ1n) is 11.0. The molecule has 4 nitrogen and oxygen atoms in total. The topological polar surface area (TPSA) is 46.6 Å². The quantitative estimate of drug-likeness (QED) is 0.597. The minimum atomic E-state index is -3.25. The van der Waals surface area contributed by atoms with Gasteiger partial charge in [0, 0.05) is 13.1 Å². The molecule has 1 aliphatic rings. The zero-order valence-corrected chi connectivity index (χ0v) is 20.3. The highest BCUT2D eigenvalue weighted by molar-refractivity contribution is 7.91. The Kier molecular flexibility index (Phi) is 7.30. The Morgan fingerprint density at radius 3 is 2.03 bits per heavy atom. The van der Waals surface area contributed by atoms with Gasteiger partial charge in [-0.05, 0) is 70.2 Å². The molecule has 0 saturated carbocycles. The van der Waals surface area contributed by atoms with E-state index in [0.717, 1.165) is 11.1 Å². The fourth-order valence-electron chi connectivity index (χ4n) is 3.91. The third kappa shape index (κ3) is 5.67. The van der Waals surface area contributed by atoms with Crippen LogP contribution in [-0.4, -0.2) is 38.5 Å². The Hall–Kier alpha value is -1.99. The van der Waals surface area contributed by atoms with Crippen molar-refractivity contribution in [2.24, 2.45) is 0 Å². The lowest BCUT2D eigenvalue weighted by Gasteiger charge is -2.37. The molecule has 0 N–H and O–H groups in total. The zero-order valence-electron chi connectivity index (χ0n) is 19.5. The summed E-state index contributed by atoms with van der Waals surface area (Å²) < 4.78 is 59.2. The van der Waals surface area contributed by atoms with Gasteiger partial charge in [-0.15, -0.1) is 0 Å². The predicted molar refractivity (Wildman–Crippen MR) is 125 cm³/mol. The molecule has 0 spiro atoms. The summed E-state index contributed by atoms with van der Waals surface area (Å²) in [4.78, 5) is 1.84. The number of sulfone groups is 1. The summed E-state index contributed by atoms with van der Waals surface area (Å²) in [5.74, 6) is -1.63. The molecule has 0 radical (unpaired) electrons. The Bertz CT molecular complexity index is 1040. The van der Waals surface area contributed by atoms with Gasteiger partial charge in [0.15, 0.2) is 21.5 Å². The largest absolute Gasteiger partial charge is 0.372 e.